The van der Waals surface area contributed by atoms with Gasteiger partial charge >= 0.3 is 0 Å². The number of hydrogen-bond acceptors (Lipinski definition) is 6. The molecule has 0 radical (unpaired) electrons. The van der Waals surface area contributed by atoms with E-state index in [1.807, 2.05) is 0 Å². The van der Waals surface area contributed by atoms with Crippen molar-refractivity contribution in [2.75, 3.05) is 16.8 Å². The van der Waals surface area contributed by atoms with Crippen LogP contribution >= 0.6 is 0 Å². The second kappa shape index (κ2) is 4.37. The Labute approximate surface area is 114 Å². The predicted octanol–water partition coefficient (Wildman–Crippen LogP) is 0.821. The van der Waals surface area contributed by atoms with Crippen LogP contribution in [0.2, 0.25) is 0 Å². The molecule has 0 aliphatic carbocycles. The third kappa shape index (κ3) is 1.99. The molecule has 0 saturated heterocycles. The Bertz CT molecular complexity index is 684. The van der Waals surface area contributed by atoms with Gasteiger partial charge in [0, 0.05) is 17.9 Å². The van der Waals surface area contributed by atoms with Crippen molar-refractivity contribution in [3.63, 3.8) is 0 Å². The molecule has 7 heteroatoms. The van der Waals surface area contributed by atoms with E-state index < -0.39 is 0 Å². The number of nitrogens with two attached hydrogens (primary N) is 2. The smallest absolute Gasteiger partial charge is 0.226 e. The number of nitrogen functional groups attached to an aromatic ring is 2. The molecule has 1 atom stereocenters. The van der Waals surface area contributed by atoms with Crippen LogP contribution in [0.4, 0.5) is 17.6 Å². The van der Waals surface area contributed by atoms with Crippen LogP contribution in [0.15, 0.2) is 24.3 Å². The zero-order valence-electron chi connectivity index (χ0n) is 10.5. The summed E-state index contributed by atoms with van der Waals surface area (Å²) in [5.41, 5.74) is 13.0. The van der Waals surface area contributed by atoms with E-state index in [-0.39, 0.29) is 35.8 Å². The molecule has 1 aromatic carbocycles. The van der Waals surface area contributed by atoms with Gasteiger partial charge in [0.1, 0.15) is 17.4 Å². The first-order valence-corrected chi connectivity index (χ1v) is 6.06. The molecule has 3 rings (SSSR count). The predicted molar refractivity (Wildman–Crippen MR) is 74.1 cm³/mol. The maximum absolute atomic E-state index is 11.8. The van der Waals surface area contributed by atoms with Gasteiger partial charge in [-0.05, 0) is 17.7 Å². The zero-order chi connectivity index (χ0) is 14.3. The fourth-order valence-electron chi connectivity index (χ4n) is 2.41. The first kappa shape index (κ1) is 12.2. The van der Waals surface area contributed by atoms with Crippen molar-refractivity contribution in [2.45, 2.75) is 12.3 Å². The average molecular weight is 271 g/mol. The van der Waals surface area contributed by atoms with Crippen LogP contribution in [0.1, 0.15) is 23.5 Å². The maximum Gasteiger partial charge on any atom is 0.226 e. The molecule has 6 N–H and O–H groups in total. The number of nitrogens with zero attached hydrogens (tertiary/aromatic N) is 2. The van der Waals surface area contributed by atoms with E-state index in [1.54, 1.807) is 24.3 Å². The number of anilines is 3. The van der Waals surface area contributed by atoms with Crippen LogP contribution in [0.3, 0.4) is 0 Å². The average Bonchev–Trinajstić information content (AvgIpc) is 2.37. The number of fused-ring (bicyclic) bond motifs is 1. The molecule has 20 heavy (non-hydrogen) atoms. The molecular formula is C13H13N5O2. The van der Waals surface area contributed by atoms with Crippen LogP contribution in [-0.2, 0) is 4.79 Å². The van der Waals surface area contributed by atoms with Gasteiger partial charge in [0.15, 0.2) is 0 Å². The minimum Gasteiger partial charge on any atom is -0.508 e. The summed E-state index contributed by atoms with van der Waals surface area (Å²) in [5.74, 6) is 0.381. The van der Waals surface area contributed by atoms with E-state index in [9.17, 15) is 9.90 Å². The summed E-state index contributed by atoms with van der Waals surface area (Å²) in [6.45, 7) is 0. The number of carbonyl (C=O) groups excluding carboxylic acids is 1. The third-order valence-corrected chi connectivity index (χ3v) is 3.28. The summed E-state index contributed by atoms with van der Waals surface area (Å²) in [4.78, 5) is 19.8. The number of aromatic hydroxyl groups is 1. The van der Waals surface area contributed by atoms with Crippen molar-refractivity contribution >= 4 is 23.5 Å². The van der Waals surface area contributed by atoms with Crippen molar-refractivity contribution < 1.29 is 9.90 Å². The number of phenols is 1. The second-order valence-electron chi connectivity index (χ2n) is 4.63. The monoisotopic (exact) mass is 271 g/mol. The van der Waals surface area contributed by atoms with Crippen molar-refractivity contribution in [1.82, 2.24) is 9.97 Å². The molecular weight excluding hydrogens is 258 g/mol. The minimum absolute atomic E-state index is 0.0212. The van der Waals surface area contributed by atoms with E-state index in [4.69, 9.17) is 11.5 Å². The summed E-state index contributed by atoms with van der Waals surface area (Å²) in [6, 6.07) is 6.63. The summed E-state index contributed by atoms with van der Waals surface area (Å²) >= 11 is 0. The molecule has 1 unspecified atom stereocenters. The van der Waals surface area contributed by atoms with Crippen LogP contribution in [0, 0.1) is 0 Å². The number of carbonyl (C=O) groups is 1. The number of rotatable bonds is 1. The zero-order valence-corrected chi connectivity index (χ0v) is 10.5. The molecule has 2 aromatic rings. The quantitative estimate of drug-likeness (QED) is 0.608. The molecule has 2 heterocycles. The first-order chi connectivity index (χ1) is 9.54. The van der Waals surface area contributed by atoms with Gasteiger partial charge in [0.05, 0.1) is 0 Å². The molecule has 7 nitrogen and oxygen atoms in total. The molecule has 102 valence electrons. The highest BCUT2D eigenvalue weighted by Gasteiger charge is 2.30. The van der Waals surface area contributed by atoms with Crippen molar-refractivity contribution in [2.24, 2.45) is 0 Å². The van der Waals surface area contributed by atoms with Gasteiger partial charge in [-0.15, -0.1) is 0 Å². The van der Waals surface area contributed by atoms with Gasteiger partial charge in [-0.1, -0.05) is 12.1 Å². The van der Waals surface area contributed by atoms with Crippen LogP contribution in [-0.4, -0.2) is 21.0 Å². The Morgan fingerprint density at radius 2 is 1.90 bits per heavy atom. The topological polar surface area (TPSA) is 127 Å². The number of amides is 1. The number of aromatic nitrogens is 2. The molecule has 1 aliphatic rings. The summed E-state index contributed by atoms with van der Waals surface area (Å²) in [6.07, 6.45) is 0.245. The van der Waals surface area contributed by atoms with Crippen LogP contribution in [0.5, 0.6) is 5.75 Å². The molecule has 0 bridgehead atoms. The Morgan fingerprint density at radius 3 is 2.60 bits per heavy atom. The molecule has 0 spiro atoms. The lowest BCUT2D eigenvalue weighted by Gasteiger charge is -2.26. The van der Waals surface area contributed by atoms with Crippen molar-refractivity contribution in [3.8, 4) is 5.75 Å². The molecule has 1 aliphatic heterocycles. The number of phenolic OH excluding ortho intramolecular Hbond substituents is 1. The van der Waals surface area contributed by atoms with Crippen LogP contribution in [0.25, 0.3) is 0 Å². The standard InChI is InChI=1S/C13H13N5O2/c14-11-10-8(6-1-3-7(19)4-2-6)5-9(20)16-12(10)18-13(15)17-11/h1-4,8,19H,5H2,(H5,14,15,16,17,18,20). The van der Waals surface area contributed by atoms with Gasteiger partial charge in [-0.3, -0.25) is 4.79 Å². The highest BCUT2D eigenvalue weighted by Crippen LogP contribution is 2.39. The Hall–Kier alpha value is -2.83. The lowest BCUT2D eigenvalue weighted by molar-refractivity contribution is -0.116. The van der Waals surface area contributed by atoms with Gasteiger partial charge in [0.25, 0.3) is 0 Å². The summed E-state index contributed by atoms with van der Waals surface area (Å²) < 4.78 is 0. The van der Waals surface area contributed by atoms with E-state index in [1.165, 1.54) is 0 Å². The SMILES string of the molecule is Nc1nc(N)c2c(n1)NC(=O)CC2c1ccc(O)cc1. The van der Waals surface area contributed by atoms with E-state index >= 15 is 0 Å². The number of benzene rings is 1. The lowest BCUT2D eigenvalue weighted by atomic mass is 9.86. The van der Waals surface area contributed by atoms with Crippen LogP contribution < -0.4 is 16.8 Å². The number of nitrogens with one attached hydrogen (secondary N) is 1. The van der Waals surface area contributed by atoms with E-state index in [2.05, 4.69) is 15.3 Å². The minimum atomic E-state index is -0.250. The Balaban J connectivity index is 2.14. The fraction of sp³-hybridized carbons (Fsp3) is 0.154. The third-order valence-electron chi connectivity index (χ3n) is 3.28. The Morgan fingerprint density at radius 1 is 1.20 bits per heavy atom. The summed E-state index contributed by atoms with van der Waals surface area (Å²) in [7, 11) is 0. The van der Waals surface area contributed by atoms with Gasteiger partial charge < -0.3 is 21.9 Å². The lowest BCUT2D eigenvalue weighted by Crippen LogP contribution is -2.26. The number of hydrogen-bond donors (Lipinski definition) is 4. The summed E-state index contributed by atoms with van der Waals surface area (Å²) in [5, 5.41) is 12.0. The van der Waals surface area contributed by atoms with Crippen molar-refractivity contribution in [3.05, 3.63) is 35.4 Å². The van der Waals surface area contributed by atoms with Gasteiger partial charge in [0.2, 0.25) is 11.9 Å². The molecule has 1 amide bonds. The van der Waals surface area contributed by atoms with E-state index in [0.29, 0.717) is 11.4 Å². The Kier molecular flexibility index (Phi) is 2.67. The highest BCUT2D eigenvalue weighted by atomic mass is 16.3. The first-order valence-electron chi connectivity index (χ1n) is 6.06. The van der Waals surface area contributed by atoms with E-state index in [0.717, 1.165) is 5.56 Å². The maximum atomic E-state index is 11.8. The van der Waals surface area contributed by atoms with Crippen molar-refractivity contribution in [1.29, 1.82) is 0 Å². The highest BCUT2D eigenvalue weighted by molar-refractivity contribution is 5.95. The molecule has 1 aromatic heterocycles. The van der Waals surface area contributed by atoms with Gasteiger partial charge in [-0.25, -0.2) is 0 Å². The normalized spacial score (nSPS) is 17.4. The second-order valence-corrected chi connectivity index (χ2v) is 4.63. The molecule has 0 saturated carbocycles. The largest absolute Gasteiger partial charge is 0.508 e. The molecule has 0 fully saturated rings. The van der Waals surface area contributed by atoms with Gasteiger partial charge in [-0.2, -0.15) is 9.97 Å². The fourth-order valence-corrected chi connectivity index (χ4v) is 2.41.